The molecule has 1 heterocycles. The van der Waals surface area contributed by atoms with Gasteiger partial charge in [0.05, 0.1) is 23.5 Å². The number of hydrogen-bond donors (Lipinski definition) is 2. The summed E-state index contributed by atoms with van der Waals surface area (Å²) in [7, 11) is 0. The van der Waals surface area contributed by atoms with Crippen molar-refractivity contribution in [3.8, 4) is 5.75 Å². The lowest BCUT2D eigenvalue weighted by atomic mass is 9.73. The standard InChI is InChI=1S/C25H30N2O2/c1-5-16(2)29-18-12-10-17(11-13-18)24-23-21(14-25(3,4)15-22(23)28)26-19-8-6-7-9-20(19)27-24/h6-13,16,24,26-27H,5,14-15H2,1-4H3/t16-,24-/m1/s1. The Morgan fingerprint density at radius 1 is 1.07 bits per heavy atom. The molecule has 29 heavy (non-hydrogen) atoms. The van der Waals surface area contributed by atoms with E-state index >= 15 is 0 Å². The summed E-state index contributed by atoms with van der Waals surface area (Å²) >= 11 is 0. The molecule has 0 fully saturated rings. The summed E-state index contributed by atoms with van der Waals surface area (Å²) in [6, 6.07) is 16.1. The van der Waals surface area contributed by atoms with Crippen LogP contribution < -0.4 is 15.4 Å². The van der Waals surface area contributed by atoms with E-state index in [1.54, 1.807) is 0 Å². The molecule has 0 spiro atoms. The number of para-hydroxylation sites is 2. The summed E-state index contributed by atoms with van der Waals surface area (Å²) in [5.41, 5.74) is 4.95. The first kappa shape index (κ1) is 19.6. The van der Waals surface area contributed by atoms with Crippen LogP contribution in [0.5, 0.6) is 5.75 Å². The van der Waals surface area contributed by atoms with Crippen molar-refractivity contribution in [2.24, 2.45) is 5.41 Å². The molecule has 2 aromatic rings. The van der Waals surface area contributed by atoms with Crippen LogP contribution >= 0.6 is 0 Å². The normalized spacial score (nSPS) is 21.2. The second-order valence-corrected chi connectivity index (χ2v) is 8.99. The highest BCUT2D eigenvalue weighted by Crippen LogP contribution is 2.45. The minimum Gasteiger partial charge on any atom is -0.491 e. The average Bonchev–Trinajstić information content (AvgIpc) is 2.84. The number of carbonyl (C=O) groups is 1. The second kappa shape index (κ2) is 7.58. The Morgan fingerprint density at radius 2 is 1.76 bits per heavy atom. The Balaban J connectivity index is 1.75. The SMILES string of the molecule is CC[C@@H](C)Oc1ccc([C@H]2Nc3ccccc3NC3=C2C(=O)CC(C)(C)C3)cc1. The minimum absolute atomic E-state index is 0.0409. The highest BCUT2D eigenvalue weighted by molar-refractivity contribution is 6.01. The molecular formula is C25H30N2O2. The molecule has 2 N–H and O–H groups in total. The predicted octanol–water partition coefficient (Wildman–Crippen LogP) is 6.09. The topological polar surface area (TPSA) is 50.4 Å². The molecule has 1 aliphatic heterocycles. The van der Waals surface area contributed by atoms with Gasteiger partial charge in [-0.05, 0) is 55.0 Å². The van der Waals surface area contributed by atoms with Gasteiger partial charge in [0, 0.05) is 17.7 Å². The Kier molecular flexibility index (Phi) is 5.12. The molecule has 0 saturated carbocycles. The quantitative estimate of drug-likeness (QED) is 0.664. The molecule has 2 aromatic carbocycles. The van der Waals surface area contributed by atoms with Gasteiger partial charge in [0.15, 0.2) is 5.78 Å². The van der Waals surface area contributed by atoms with Gasteiger partial charge in [0.2, 0.25) is 0 Å². The van der Waals surface area contributed by atoms with E-state index in [0.29, 0.717) is 6.42 Å². The predicted molar refractivity (Wildman–Crippen MR) is 118 cm³/mol. The fraction of sp³-hybridized carbons (Fsp3) is 0.400. The third kappa shape index (κ3) is 4.02. The number of ether oxygens (including phenoxy) is 1. The largest absolute Gasteiger partial charge is 0.491 e. The first-order valence-corrected chi connectivity index (χ1v) is 10.5. The van der Waals surface area contributed by atoms with Crippen molar-refractivity contribution in [2.75, 3.05) is 10.6 Å². The monoisotopic (exact) mass is 390 g/mol. The van der Waals surface area contributed by atoms with Gasteiger partial charge in [-0.25, -0.2) is 0 Å². The van der Waals surface area contributed by atoms with Gasteiger partial charge >= 0.3 is 0 Å². The molecule has 4 nitrogen and oxygen atoms in total. The van der Waals surface area contributed by atoms with Crippen molar-refractivity contribution in [1.29, 1.82) is 0 Å². The van der Waals surface area contributed by atoms with Crippen molar-refractivity contribution in [3.05, 3.63) is 65.4 Å². The van der Waals surface area contributed by atoms with E-state index in [9.17, 15) is 4.79 Å². The molecule has 4 heteroatoms. The van der Waals surface area contributed by atoms with Crippen molar-refractivity contribution < 1.29 is 9.53 Å². The highest BCUT2D eigenvalue weighted by Gasteiger charge is 2.38. The number of fused-ring (bicyclic) bond motifs is 1. The van der Waals surface area contributed by atoms with Gasteiger partial charge in [-0.3, -0.25) is 4.79 Å². The van der Waals surface area contributed by atoms with Crippen LogP contribution in [0.3, 0.4) is 0 Å². The Bertz CT molecular complexity index is 944. The number of ketones is 1. The fourth-order valence-electron chi connectivity index (χ4n) is 4.19. The second-order valence-electron chi connectivity index (χ2n) is 8.99. The first-order valence-electron chi connectivity index (χ1n) is 10.5. The number of allylic oxidation sites excluding steroid dienone is 1. The fourth-order valence-corrected chi connectivity index (χ4v) is 4.19. The van der Waals surface area contributed by atoms with Gasteiger partial charge < -0.3 is 15.4 Å². The van der Waals surface area contributed by atoms with Crippen LogP contribution in [-0.2, 0) is 4.79 Å². The van der Waals surface area contributed by atoms with Gasteiger partial charge in [0.1, 0.15) is 5.75 Å². The Morgan fingerprint density at radius 3 is 2.45 bits per heavy atom. The third-order valence-corrected chi connectivity index (χ3v) is 5.85. The molecular weight excluding hydrogens is 360 g/mol. The molecule has 0 amide bonds. The number of Topliss-reactive ketones (excluding diaryl/α,β-unsaturated/α-hetero) is 1. The third-order valence-electron chi connectivity index (χ3n) is 5.85. The summed E-state index contributed by atoms with van der Waals surface area (Å²) in [5, 5.41) is 7.19. The summed E-state index contributed by atoms with van der Waals surface area (Å²) in [4.78, 5) is 13.2. The maximum Gasteiger partial charge on any atom is 0.163 e. The van der Waals surface area contributed by atoms with E-state index in [4.69, 9.17) is 4.74 Å². The summed E-state index contributed by atoms with van der Waals surface area (Å²) in [6.45, 7) is 8.51. The highest BCUT2D eigenvalue weighted by atomic mass is 16.5. The van der Waals surface area contributed by atoms with E-state index in [1.807, 2.05) is 24.3 Å². The van der Waals surface area contributed by atoms with E-state index in [1.165, 1.54) is 0 Å². The number of rotatable bonds is 4. The van der Waals surface area contributed by atoms with E-state index in [2.05, 4.69) is 62.6 Å². The van der Waals surface area contributed by atoms with Crippen LogP contribution in [-0.4, -0.2) is 11.9 Å². The molecule has 4 rings (SSSR count). The van der Waals surface area contributed by atoms with Gasteiger partial charge in [-0.1, -0.05) is 45.0 Å². The van der Waals surface area contributed by atoms with E-state index in [0.717, 1.165) is 46.8 Å². The molecule has 0 unspecified atom stereocenters. The van der Waals surface area contributed by atoms with Crippen LogP contribution in [0.15, 0.2) is 59.8 Å². The summed E-state index contributed by atoms with van der Waals surface area (Å²) in [6.07, 6.45) is 2.58. The maximum atomic E-state index is 13.2. The van der Waals surface area contributed by atoms with Gasteiger partial charge in [0.25, 0.3) is 0 Å². The maximum absolute atomic E-state index is 13.2. The number of benzene rings is 2. The van der Waals surface area contributed by atoms with Crippen molar-refractivity contribution in [3.63, 3.8) is 0 Å². The molecule has 2 aliphatic rings. The lowest BCUT2D eigenvalue weighted by molar-refractivity contribution is -0.118. The zero-order valence-corrected chi connectivity index (χ0v) is 17.7. The Labute approximate surface area is 173 Å². The lowest BCUT2D eigenvalue weighted by Gasteiger charge is -2.34. The molecule has 0 saturated heterocycles. The number of carbonyl (C=O) groups excluding carboxylic acids is 1. The molecule has 152 valence electrons. The lowest BCUT2D eigenvalue weighted by Crippen LogP contribution is -2.31. The van der Waals surface area contributed by atoms with Crippen LogP contribution in [0, 0.1) is 5.41 Å². The number of hydrogen-bond acceptors (Lipinski definition) is 4. The molecule has 2 atom stereocenters. The molecule has 0 radical (unpaired) electrons. The Hall–Kier alpha value is -2.75. The summed E-state index contributed by atoms with van der Waals surface area (Å²) in [5.74, 6) is 1.08. The van der Waals surface area contributed by atoms with Crippen molar-refractivity contribution in [2.45, 2.75) is 59.1 Å². The van der Waals surface area contributed by atoms with Crippen LogP contribution in [0.1, 0.15) is 58.6 Å². The first-order chi connectivity index (χ1) is 13.9. The minimum atomic E-state index is -0.178. The summed E-state index contributed by atoms with van der Waals surface area (Å²) < 4.78 is 5.93. The van der Waals surface area contributed by atoms with Crippen LogP contribution in [0.4, 0.5) is 11.4 Å². The molecule has 1 aliphatic carbocycles. The van der Waals surface area contributed by atoms with Crippen LogP contribution in [0.2, 0.25) is 0 Å². The zero-order chi connectivity index (χ0) is 20.6. The number of nitrogens with one attached hydrogen (secondary N) is 2. The smallest absolute Gasteiger partial charge is 0.163 e. The van der Waals surface area contributed by atoms with Gasteiger partial charge in [-0.15, -0.1) is 0 Å². The average molecular weight is 391 g/mol. The van der Waals surface area contributed by atoms with E-state index in [-0.39, 0.29) is 23.3 Å². The number of anilines is 2. The van der Waals surface area contributed by atoms with E-state index < -0.39 is 0 Å². The van der Waals surface area contributed by atoms with Crippen molar-refractivity contribution >= 4 is 17.2 Å². The zero-order valence-electron chi connectivity index (χ0n) is 17.7. The molecule has 0 bridgehead atoms. The van der Waals surface area contributed by atoms with Crippen molar-refractivity contribution in [1.82, 2.24) is 0 Å². The van der Waals surface area contributed by atoms with Crippen LogP contribution in [0.25, 0.3) is 0 Å². The molecule has 0 aromatic heterocycles. The van der Waals surface area contributed by atoms with Gasteiger partial charge in [-0.2, -0.15) is 0 Å².